The molecule has 38 heavy (non-hydrogen) atoms. The van der Waals surface area contributed by atoms with E-state index in [-0.39, 0.29) is 24.4 Å². The zero-order chi connectivity index (χ0) is 26.5. The zero-order valence-electron chi connectivity index (χ0n) is 20.8. The Morgan fingerprint density at radius 1 is 1.00 bits per heavy atom. The van der Waals surface area contributed by atoms with Crippen molar-refractivity contribution in [2.45, 2.75) is 18.5 Å². The van der Waals surface area contributed by atoms with Crippen LogP contribution in [0.25, 0.3) is 5.69 Å². The molecule has 2 atom stereocenters. The van der Waals surface area contributed by atoms with Crippen molar-refractivity contribution >= 4 is 34.9 Å². The van der Waals surface area contributed by atoms with Crippen molar-refractivity contribution in [1.29, 1.82) is 0 Å². The summed E-state index contributed by atoms with van der Waals surface area (Å²) in [4.78, 5) is 32.0. The quantitative estimate of drug-likeness (QED) is 0.256. The number of benzene rings is 2. The molecule has 1 amide bonds. The van der Waals surface area contributed by atoms with Crippen molar-refractivity contribution in [2.24, 2.45) is 0 Å². The number of carbonyl (C=O) groups excluding carboxylic acids is 2. The van der Waals surface area contributed by atoms with Gasteiger partial charge in [0.2, 0.25) is 5.91 Å². The van der Waals surface area contributed by atoms with E-state index in [1.54, 1.807) is 18.3 Å². The molecule has 2 aromatic carbocycles. The number of para-hydroxylation sites is 2. The Bertz CT molecular complexity index is 1440. The lowest BCUT2D eigenvalue weighted by Gasteiger charge is -2.29. The minimum absolute atomic E-state index is 0.106. The van der Waals surface area contributed by atoms with Gasteiger partial charge in [0.1, 0.15) is 0 Å². The number of hydrogen-bond acceptors (Lipinski definition) is 5. The zero-order valence-corrected chi connectivity index (χ0v) is 21.6. The van der Waals surface area contributed by atoms with Gasteiger partial charge in [0, 0.05) is 36.7 Å². The van der Waals surface area contributed by atoms with Crippen LogP contribution in [0.3, 0.4) is 0 Å². The standard InChI is InChI=1S/C29H27N5O3S/c1-37-28(36)21-12-5-6-14-23(21)33-18-9-15-24(33)27-26(22-13-7-8-17-30-22)32-29(38)34(27)19-16-25(35)31-20-10-3-2-4-11-20/h2-15,17-18,26-27H,16,19H2,1H3,(H,31,35)(H,32,38). The smallest absolute Gasteiger partial charge is 0.339 e. The number of pyridine rings is 1. The van der Waals surface area contributed by atoms with E-state index < -0.39 is 5.97 Å². The third kappa shape index (κ3) is 5.14. The number of nitrogens with zero attached hydrogens (tertiary/aromatic N) is 3. The molecule has 1 aliphatic rings. The normalized spacial score (nSPS) is 16.7. The minimum atomic E-state index is -0.420. The first-order valence-electron chi connectivity index (χ1n) is 12.2. The molecular formula is C29H27N5O3S. The molecule has 1 fully saturated rings. The minimum Gasteiger partial charge on any atom is -0.465 e. The molecular weight excluding hydrogens is 498 g/mol. The molecule has 0 aliphatic carbocycles. The Labute approximate surface area is 226 Å². The van der Waals surface area contributed by atoms with Crippen LogP contribution in [0, 0.1) is 0 Å². The van der Waals surface area contributed by atoms with E-state index in [2.05, 4.69) is 15.6 Å². The van der Waals surface area contributed by atoms with Gasteiger partial charge in [0.05, 0.1) is 36.1 Å². The predicted molar refractivity (Wildman–Crippen MR) is 149 cm³/mol. The number of methoxy groups -OCH3 is 1. The number of ether oxygens (including phenoxy) is 1. The number of amides is 1. The van der Waals surface area contributed by atoms with Crippen LogP contribution in [-0.4, -0.2) is 45.1 Å². The van der Waals surface area contributed by atoms with Crippen molar-refractivity contribution in [2.75, 3.05) is 19.0 Å². The second-order valence-electron chi connectivity index (χ2n) is 8.80. The van der Waals surface area contributed by atoms with E-state index in [9.17, 15) is 9.59 Å². The molecule has 0 bridgehead atoms. The van der Waals surface area contributed by atoms with Crippen LogP contribution in [0.4, 0.5) is 5.69 Å². The number of esters is 1. The summed E-state index contributed by atoms with van der Waals surface area (Å²) in [6.07, 6.45) is 3.90. The van der Waals surface area contributed by atoms with Gasteiger partial charge < -0.3 is 24.8 Å². The molecule has 3 heterocycles. The first-order valence-corrected chi connectivity index (χ1v) is 12.7. The SMILES string of the molecule is COC(=O)c1ccccc1-n1cccc1C1C(c2ccccn2)NC(=S)N1CCC(=O)Nc1ccccc1. The molecule has 0 saturated carbocycles. The number of anilines is 1. The molecule has 1 saturated heterocycles. The Morgan fingerprint density at radius 2 is 1.76 bits per heavy atom. The van der Waals surface area contributed by atoms with E-state index >= 15 is 0 Å². The molecule has 192 valence electrons. The van der Waals surface area contributed by atoms with Gasteiger partial charge in [-0.3, -0.25) is 9.78 Å². The second-order valence-corrected chi connectivity index (χ2v) is 9.18. The summed E-state index contributed by atoms with van der Waals surface area (Å²) in [6.45, 7) is 0.391. The highest BCUT2D eigenvalue weighted by Gasteiger charge is 2.41. The number of thiocarbonyl (C=S) groups is 1. The van der Waals surface area contributed by atoms with Gasteiger partial charge in [-0.05, 0) is 60.7 Å². The fourth-order valence-electron chi connectivity index (χ4n) is 4.76. The fraction of sp³-hybridized carbons (Fsp3) is 0.172. The van der Waals surface area contributed by atoms with E-state index in [1.807, 2.05) is 88.5 Å². The van der Waals surface area contributed by atoms with Gasteiger partial charge in [-0.25, -0.2) is 4.79 Å². The maximum atomic E-state index is 12.8. The Hall–Kier alpha value is -4.50. The van der Waals surface area contributed by atoms with Crippen molar-refractivity contribution in [3.05, 3.63) is 114 Å². The number of hydrogen-bond donors (Lipinski definition) is 2. The van der Waals surface area contributed by atoms with Gasteiger partial charge in [-0.15, -0.1) is 0 Å². The maximum Gasteiger partial charge on any atom is 0.339 e. The lowest BCUT2D eigenvalue weighted by molar-refractivity contribution is -0.116. The first-order chi connectivity index (χ1) is 18.6. The highest BCUT2D eigenvalue weighted by Crippen LogP contribution is 2.40. The molecule has 4 aromatic rings. The fourth-order valence-corrected chi connectivity index (χ4v) is 5.09. The summed E-state index contributed by atoms with van der Waals surface area (Å²) in [5.74, 6) is -0.526. The summed E-state index contributed by atoms with van der Waals surface area (Å²) < 4.78 is 7.00. The summed E-state index contributed by atoms with van der Waals surface area (Å²) >= 11 is 5.77. The van der Waals surface area contributed by atoms with Gasteiger partial charge in [-0.2, -0.15) is 0 Å². The molecule has 1 aliphatic heterocycles. The topological polar surface area (TPSA) is 88.5 Å². The Kier molecular flexibility index (Phi) is 7.46. The third-order valence-electron chi connectivity index (χ3n) is 6.49. The van der Waals surface area contributed by atoms with Gasteiger partial charge in [0.25, 0.3) is 0 Å². The molecule has 0 radical (unpaired) electrons. The number of carbonyl (C=O) groups is 2. The van der Waals surface area contributed by atoms with Crippen LogP contribution in [0.5, 0.6) is 0 Å². The molecule has 2 aromatic heterocycles. The summed E-state index contributed by atoms with van der Waals surface area (Å²) in [7, 11) is 1.37. The predicted octanol–water partition coefficient (Wildman–Crippen LogP) is 4.66. The number of aromatic nitrogens is 2. The second kappa shape index (κ2) is 11.3. The molecule has 5 rings (SSSR count). The van der Waals surface area contributed by atoms with Crippen molar-refractivity contribution < 1.29 is 14.3 Å². The van der Waals surface area contributed by atoms with Crippen molar-refractivity contribution in [3.63, 3.8) is 0 Å². The lowest BCUT2D eigenvalue weighted by Crippen LogP contribution is -2.33. The van der Waals surface area contributed by atoms with Crippen LogP contribution < -0.4 is 10.6 Å². The average molecular weight is 526 g/mol. The Balaban J connectivity index is 1.49. The average Bonchev–Trinajstić information content (AvgIpc) is 3.56. The van der Waals surface area contributed by atoms with Crippen LogP contribution in [0.15, 0.2) is 97.3 Å². The van der Waals surface area contributed by atoms with E-state index in [1.165, 1.54) is 7.11 Å². The van der Waals surface area contributed by atoms with Gasteiger partial charge in [0.15, 0.2) is 5.11 Å². The highest BCUT2D eigenvalue weighted by molar-refractivity contribution is 7.80. The van der Waals surface area contributed by atoms with Crippen molar-refractivity contribution in [3.8, 4) is 5.69 Å². The molecule has 2 N–H and O–H groups in total. The third-order valence-corrected chi connectivity index (χ3v) is 6.84. The largest absolute Gasteiger partial charge is 0.465 e. The van der Waals surface area contributed by atoms with Gasteiger partial charge >= 0.3 is 5.97 Å². The van der Waals surface area contributed by atoms with Crippen LogP contribution in [-0.2, 0) is 9.53 Å². The Morgan fingerprint density at radius 3 is 2.53 bits per heavy atom. The highest BCUT2D eigenvalue weighted by atomic mass is 32.1. The first kappa shape index (κ1) is 25.2. The van der Waals surface area contributed by atoms with Crippen LogP contribution in [0.1, 0.15) is 40.3 Å². The van der Waals surface area contributed by atoms with E-state index in [4.69, 9.17) is 17.0 Å². The van der Waals surface area contributed by atoms with Crippen molar-refractivity contribution in [1.82, 2.24) is 19.8 Å². The van der Waals surface area contributed by atoms with Gasteiger partial charge in [-0.1, -0.05) is 36.4 Å². The number of nitrogens with one attached hydrogen (secondary N) is 2. The molecule has 0 spiro atoms. The number of rotatable bonds is 8. The lowest BCUT2D eigenvalue weighted by atomic mass is 10.0. The monoisotopic (exact) mass is 525 g/mol. The molecule has 9 heteroatoms. The summed E-state index contributed by atoms with van der Waals surface area (Å²) in [5, 5.41) is 6.89. The summed E-state index contributed by atoms with van der Waals surface area (Å²) in [5.41, 5.74) is 3.61. The molecule has 2 unspecified atom stereocenters. The van der Waals surface area contributed by atoms with Crippen LogP contribution >= 0.6 is 12.2 Å². The van der Waals surface area contributed by atoms with E-state index in [0.717, 1.165) is 17.1 Å². The summed E-state index contributed by atoms with van der Waals surface area (Å²) in [6, 6.07) is 25.8. The van der Waals surface area contributed by atoms with E-state index in [0.29, 0.717) is 22.9 Å². The van der Waals surface area contributed by atoms with Crippen LogP contribution in [0.2, 0.25) is 0 Å². The molecule has 8 nitrogen and oxygen atoms in total. The maximum absolute atomic E-state index is 12.8.